The van der Waals surface area contributed by atoms with Gasteiger partial charge in [0.15, 0.2) is 0 Å². The molecular weight excluding hydrogens is 184 g/mol. The van der Waals surface area contributed by atoms with Gasteiger partial charge in [0.25, 0.3) is 0 Å². The van der Waals surface area contributed by atoms with Crippen molar-refractivity contribution < 1.29 is 0 Å². The second-order valence-corrected chi connectivity index (χ2v) is 4.47. The molecule has 2 rings (SSSR count). The quantitative estimate of drug-likeness (QED) is 0.770. The molecule has 1 aromatic heterocycles. The van der Waals surface area contributed by atoms with Crippen molar-refractivity contribution in [2.45, 2.75) is 45.2 Å². The molecule has 0 bridgehead atoms. The second kappa shape index (κ2) is 5.26. The minimum atomic E-state index is 0.732. The highest BCUT2D eigenvalue weighted by atomic mass is 14.9. The van der Waals surface area contributed by atoms with Gasteiger partial charge in [-0.2, -0.15) is 0 Å². The first-order valence-electron chi connectivity index (χ1n) is 6.02. The first-order chi connectivity index (χ1) is 7.40. The van der Waals surface area contributed by atoms with E-state index in [0.29, 0.717) is 0 Å². The number of aromatic nitrogens is 1. The van der Waals surface area contributed by atoms with Gasteiger partial charge in [-0.3, -0.25) is 4.98 Å². The Labute approximate surface area is 92.1 Å². The molecule has 1 unspecified atom stereocenters. The summed E-state index contributed by atoms with van der Waals surface area (Å²) >= 11 is 0. The Kier molecular flexibility index (Phi) is 3.73. The van der Waals surface area contributed by atoms with Crippen molar-refractivity contribution in [2.24, 2.45) is 5.92 Å². The molecular formula is C13H20N2. The van der Waals surface area contributed by atoms with Crippen LogP contribution < -0.4 is 5.32 Å². The molecule has 0 aromatic carbocycles. The number of pyridine rings is 1. The lowest BCUT2D eigenvalue weighted by atomic mass is 10.1. The average Bonchev–Trinajstić information content (AvgIpc) is 3.09. The van der Waals surface area contributed by atoms with E-state index in [-0.39, 0.29) is 0 Å². The molecule has 0 spiro atoms. The maximum atomic E-state index is 4.13. The summed E-state index contributed by atoms with van der Waals surface area (Å²) in [6, 6.07) is 4.87. The number of rotatable bonds is 6. The van der Waals surface area contributed by atoms with Crippen molar-refractivity contribution in [3.05, 3.63) is 30.1 Å². The molecule has 1 aliphatic carbocycles. The Morgan fingerprint density at radius 1 is 1.53 bits per heavy atom. The van der Waals surface area contributed by atoms with Crippen LogP contribution in [0.2, 0.25) is 0 Å². The number of nitrogens with zero attached hydrogens (tertiary/aromatic N) is 1. The third-order valence-corrected chi connectivity index (χ3v) is 3.08. The highest BCUT2D eigenvalue weighted by molar-refractivity contribution is 5.08. The van der Waals surface area contributed by atoms with Crippen LogP contribution in [0.3, 0.4) is 0 Å². The summed E-state index contributed by atoms with van der Waals surface area (Å²) < 4.78 is 0. The van der Waals surface area contributed by atoms with Gasteiger partial charge in [0.2, 0.25) is 0 Å². The summed E-state index contributed by atoms with van der Waals surface area (Å²) in [5.41, 5.74) is 1.29. The van der Waals surface area contributed by atoms with Crippen molar-refractivity contribution in [3.8, 4) is 0 Å². The fraction of sp³-hybridized carbons (Fsp3) is 0.615. The Morgan fingerprint density at radius 3 is 3.00 bits per heavy atom. The molecule has 1 aliphatic rings. The van der Waals surface area contributed by atoms with E-state index >= 15 is 0 Å². The fourth-order valence-electron chi connectivity index (χ4n) is 2.07. The van der Waals surface area contributed by atoms with Crippen LogP contribution >= 0.6 is 0 Å². The molecule has 0 aliphatic heterocycles. The van der Waals surface area contributed by atoms with E-state index in [2.05, 4.69) is 23.3 Å². The van der Waals surface area contributed by atoms with E-state index in [9.17, 15) is 0 Å². The molecule has 1 saturated carbocycles. The van der Waals surface area contributed by atoms with Crippen LogP contribution in [-0.4, -0.2) is 11.0 Å². The summed E-state index contributed by atoms with van der Waals surface area (Å²) in [7, 11) is 0. The standard InChI is InChI=1S/C13H20N2/c1-2-4-13(12-6-7-12)15-10-11-5-3-8-14-9-11/h3,5,8-9,12-13,15H,2,4,6-7,10H2,1H3. The summed E-state index contributed by atoms with van der Waals surface area (Å²) in [4.78, 5) is 4.13. The SMILES string of the molecule is CCCC(NCc1cccnc1)C1CC1. The molecule has 0 radical (unpaired) electrons. The molecule has 1 N–H and O–H groups in total. The highest BCUT2D eigenvalue weighted by Gasteiger charge is 2.29. The molecule has 0 saturated heterocycles. The van der Waals surface area contributed by atoms with Crippen LogP contribution in [0, 0.1) is 5.92 Å². The molecule has 2 heteroatoms. The van der Waals surface area contributed by atoms with E-state index in [1.54, 1.807) is 0 Å². The maximum absolute atomic E-state index is 4.13. The van der Waals surface area contributed by atoms with Gasteiger partial charge in [-0.1, -0.05) is 19.4 Å². The maximum Gasteiger partial charge on any atom is 0.0312 e. The molecule has 82 valence electrons. The van der Waals surface area contributed by atoms with E-state index in [0.717, 1.165) is 18.5 Å². The lowest BCUT2D eigenvalue weighted by Crippen LogP contribution is -2.30. The van der Waals surface area contributed by atoms with Gasteiger partial charge in [0.05, 0.1) is 0 Å². The van der Waals surface area contributed by atoms with E-state index in [1.807, 2.05) is 18.5 Å². The smallest absolute Gasteiger partial charge is 0.0312 e. The zero-order valence-electron chi connectivity index (χ0n) is 9.45. The topological polar surface area (TPSA) is 24.9 Å². The van der Waals surface area contributed by atoms with Crippen LogP contribution in [0.4, 0.5) is 0 Å². The van der Waals surface area contributed by atoms with Gasteiger partial charge in [-0.05, 0) is 36.8 Å². The zero-order chi connectivity index (χ0) is 10.5. The van der Waals surface area contributed by atoms with Gasteiger partial charge in [-0.25, -0.2) is 0 Å². The molecule has 1 heterocycles. The highest BCUT2D eigenvalue weighted by Crippen LogP contribution is 2.34. The third-order valence-electron chi connectivity index (χ3n) is 3.08. The predicted molar refractivity (Wildman–Crippen MR) is 62.5 cm³/mol. The first kappa shape index (κ1) is 10.6. The van der Waals surface area contributed by atoms with Gasteiger partial charge in [0, 0.05) is 25.0 Å². The van der Waals surface area contributed by atoms with E-state index in [1.165, 1.54) is 31.2 Å². The van der Waals surface area contributed by atoms with Crippen molar-refractivity contribution in [1.29, 1.82) is 0 Å². The summed E-state index contributed by atoms with van der Waals surface area (Å²) in [5, 5.41) is 3.66. The Hall–Kier alpha value is -0.890. The molecule has 15 heavy (non-hydrogen) atoms. The number of hydrogen-bond acceptors (Lipinski definition) is 2. The lowest BCUT2D eigenvalue weighted by Gasteiger charge is -2.17. The Bertz CT molecular complexity index is 280. The second-order valence-electron chi connectivity index (χ2n) is 4.47. The van der Waals surface area contributed by atoms with Crippen LogP contribution in [-0.2, 0) is 6.54 Å². The van der Waals surface area contributed by atoms with Gasteiger partial charge >= 0.3 is 0 Å². The summed E-state index contributed by atoms with van der Waals surface area (Å²) in [5.74, 6) is 0.946. The minimum absolute atomic E-state index is 0.732. The number of hydrogen-bond donors (Lipinski definition) is 1. The van der Waals surface area contributed by atoms with Gasteiger partial charge in [0.1, 0.15) is 0 Å². The van der Waals surface area contributed by atoms with Crippen LogP contribution in [0.25, 0.3) is 0 Å². The normalized spacial score (nSPS) is 17.7. The van der Waals surface area contributed by atoms with Crippen molar-refractivity contribution in [1.82, 2.24) is 10.3 Å². The van der Waals surface area contributed by atoms with Crippen molar-refractivity contribution >= 4 is 0 Å². The van der Waals surface area contributed by atoms with Gasteiger partial charge in [-0.15, -0.1) is 0 Å². The Morgan fingerprint density at radius 2 is 2.40 bits per heavy atom. The molecule has 1 atom stereocenters. The van der Waals surface area contributed by atoms with Gasteiger partial charge < -0.3 is 5.32 Å². The summed E-state index contributed by atoms with van der Waals surface area (Å²) in [6.07, 6.45) is 9.21. The first-order valence-corrected chi connectivity index (χ1v) is 6.02. The molecule has 2 nitrogen and oxygen atoms in total. The zero-order valence-corrected chi connectivity index (χ0v) is 9.45. The molecule has 1 fully saturated rings. The van der Waals surface area contributed by atoms with Crippen LogP contribution in [0.5, 0.6) is 0 Å². The van der Waals surface area contributed by atoms with Crippen LogP contribution in [0.1, 0.15) is 38.2 Å². The van der Waals surface area contributed by atoms with Crippen molar-refractivity contribution in [3.63, 3.8) is 0 Å². The lowest BCUT2D eigenvalue weighted by molar-refractivity contribution is 0.429. The predicted octanol–water partition coefficient (Wildman–Crippen LogP) is 2.75. The third kappa shape index (κ3) is 3.31. The molecule has 1 aromatic rings. The largest absolute Gasteiger partial charge is 0.310 e. The molecule has 0 amide bonds. The van der Waals surface area contributed by atoms with Crippen LogP contribution in [0.15, 0.2) is 24.5 Å². The summed E-state index contributed by atoms with van der Waals surface area (Å²) in [6.45, 7) is 3.23. The van der Waals surface area contributed by atoms with E-state index in [4.69, 9.17) is 0 Å². The average molecular weight is 204 g/mol. The van der Waals surface area contributed by atoms with E-state index < -0.39 is 0 Å². The minimum Gasteiger partial charge on any atom is -0.310 e. The van der Waals surface area contributed by atoms with Crippen molar-refractivity contribution in [2.75, 3.05) is 0 Å². The Balaban J connectivity index is 1.80. The number of nitrogens with one attached hydrogen (secondary N) is 1. The fourth-order valence-corrected chi connectivity index (χ4v) is 2.07. The monoisotopic (exact) mass is 204 g/mol.